The minimum Gasteiger partial charge on any atom is -0.296 e. The molecule has 0 aliphatic carbocycles. The first-order valence-corrected chi connectivity index (χ1v) is 13.7. The maximum Gasteiger partial charge on any atom is 0.114 e. The number of hydrogen-bond donors (Lipinski definition) is 0. The lowest BCUT2D eigenvalue weighted by Gasteiger charge is -2.20. The first-order valence-electron chi connectivity index (χ1n) is 16.2. The van der Waals surface area contributed by atoms with Crippen LogP contribution in [0.15, 0.2) is 140 Å². The molecule has 7 aromatic carbocycles. The van der Waals surface area contributed by atoms with Crippen LogP contribution in [0.4, 0.5) is 0 Å². The summed E-state index contributed by atoms with van der Waals surface area (Å²) in [7, 11) is 0. The summed E-state index contributed by atoms with van der Waals surface area (Å²) in [6.45, 7) is -2.93. The highest BCUT2D eigenvalue weighted by atomic mass is 15.1. The first-order chi connectivity index (χ1) is 22.2. The largest absolute Gasteiger partial charge is 0.296 e. The molecule has 0 fully saturated rings. The number of imidazole rings is 1. The standard InChI is InChI=1S/C39H28N2/c1-2-37-40-34-20-10-12-22-36(34)41(37)35-21-11-9-19-33(35)39-31-17-7-5-15-29(31)38(30-16-6-8-18-32(30)39)28-24-23-26-13-3-4-14-27(26)25-28/h3-25H,2H2,1H3/i1D3,2D2. The van der Waals surface area contributed by atoms with Crippen molar-refractivity contribution in [3.63, 3.8) is 0 Å². The Labute approximate surface area is 246 Å². The Kier molecular flexibility index (Phi) is 4.38. The summed E-state index contributed by atoms with van der Waals surface area (Å²) in [6.07, 6.45) is -2.71. The molecule has 194 valence electrons. The smallest absolute Gasteiger partial charge is 0.114 e. The van der Waals surface area contributed by atoms with Crippen LogP contribution < -0.4 is 0 Å². The van der Waals surface area contributed by atoms with E-state index >= 15 is 0 Å². The number of fused-ring (bicyclic) bond motifs is 4. The van der Waals surface area contributed by atoms with E-state index in [1.165, 1.54) is 10.8 Å². The number of hydrogen-bond acceptors (Lipinski definition) is 1. The fraction of sp³-hybridized carbons (Fsp3) is 0.0513. The summed E-state index contributed by atoms with van der Waals surface area (Å²) < 4.78 is 43.5. The van der Waals surface area contributed by atoms with Crippen molar-refractivity contribution in [1.29, 1.82) is 0 Å². The maximum absolute atomic E-state index is 8.78. The second-order valence-electron chi connectivity index (χ2n) is 10.3. The van der Waals surface area contributed by atoms with Gasteiger partial charge in [0.05, 0.1) is 16.7 Å². The molecule has 0 atom stereocenters. The molecule has 2 nitrogen and oxygen atoms in total. The van der Waals surface area contributed by atoms with Crippen molar-refractivity contribution in [3.8, 4) is 27.9 Å². The zero-order valence-corrected chi connectivity index (χ0v) is 22.2. The van der Waals surface area contributed by atoms with E-state index in [-0.39, 0.29) is 5.82 Å². The Morgan fingerprint density at radius 3 is 1.98 bits per heavy atom. The van der Waals surface area contributed by atoms with Crippen LogP contribution in [0.2, 0.25) is 0 Å². The van der Waals surface area contributed by atoms with Gasteiger partial charge < -0.3 is 0 Å². The number of aryl methyl sites for hydroxylation is 1. The Balaban J connectivity index is 1.48. The quantitative estimate of drug-likeness (QED) is 0.207. The van der Waals surface area contributed by atoms with Gasteiger partial charge in [0.15, 0.2) is 0 Å². The van der Waals surface area contributed by atoms with Crippen molar-refractivity contribution in [2.75, 3.05) is 0 Å². The third-order valence-electron chi connectivity index (χ3n) is 8.06. The fourth-order valence-electron chi connectivity index (χ4n) is 6.31. The molecule has 0 aliphatic rings. The highest BCUT2D eigenvalue weighted by Crippen LogP contribution is 2.45. The third-order valence-corrected chi connectivity index (χ3v) is 8.06. The molecule has 0 radical (unpaired) electrons. The number of aromatic nitrogens is 2. The van der Waals surface area contributed by atoms with E-state index in [1.807, 2.05) is 54.6 Å². The minimum atomic E-state index is -2.93. The SMILES string of the molecule is [2H]C([2H])([2H])C([2H])([2H])c1nc2ccccc2n1-c1ccccc1-c1c2ccccc2c(-c2ccc3ccccc3c2)c2ccccc12. The van der Waals surface area contributed by atoms with Gasteiger partial charge in [-0.05, 0) is 73.3 Å². The highest BCUT2D eigenvalue weighted by Gasteiger charge is 2.20. The van der Waals surface area contributed by atoms with Crippen LogP contribution >= 0.6 is 0 Å². The van der Waals surface area contributed by atoms with E-state index < -0.39 is 13.2 Å². The molecule has 2 heteroatoms. The van der Waals surface area contributed by atoms with E-state index in [1.54, 1.807) is 10.6 Å². The minimum absolute atomic E-state index is 0.150. The van der Waals surface area contributed by atoms with Gasteiger partial charge in [-0.25, -0.2) is 4.98 Å². The van der Waals surface area contributed by atoms with Crippen molar-refractivity contribution in [2.24, 2.45) is 0 Å². The topological polar surface area (TPSA) is 17.8 Å². The van der Waals surface area contributed by atoms with E-state index in [0.717, 1.165) is 43.8 Å². The molecule has 0 spiro atoms. The summed E-state index contributed by atoms with van der Waals surface area (Å²) >= 11 is 0. The van der Waals surface area contributed by atoms with Crippen LogP contribution in [0.5, 0.6) is 0 Å². The summed E-state index contributed by atoms with van der Waals surface area (Å²) in [5, 5.41) is 6.63. The zero-order valence-electron chi connectivity index (χ0n) is 27.2. The Morgan fingerprint density at radius 2 is 1.22 bits per heavy atom. The number of benzene rings is 7. The van der Waals surface area contributed by atoms with E-state index in [2.05, 4.69) is 83.8 Å². The van der Waals surface area contributed by atoms with Crippen LogP contribution in [-0.2, 0) is 6.37 Å². The molecule has 0 unspecified atom stereocenters. The monoisotopic (exact) mass is 529 g/mol. The third kappa shape index (κ3) is 3.68. The molecule has 8 rings (SSSR count). The summed E-state index contributed by atoms with van der Waals surface area (Å²) in [5.41, 5.74) is 5.94. The molecular weight excluding hydrogens is 496 g/mol. The number of para-hydroxylation sites is 3. The van der Waals surface area contributed by atoms with Gasteiger partial charge in [-0.3, -0.25) is 4.57 Å². The second kappa shape index (κ2) is 9.46. The molecule has 1 aromatic heterocycles. The van der Waals surface area contributed by atoms with E-state index in [9.17, 15) is 0 Å². The molecule has 0 N–H and O–H groups in total. The molecule has 0 bridgehead atoms. The Hall–Kier alpha value is -5.21. The number of rotatable bonds is 4. The average molecular weight is 530 g/mol. The summed E-state index contributed by atoms with van der Waals surface area (Å²) in [6, 6.07) is 46.9. The van der Waals surface area contributed by atoms with Crippen molar-refractivity contribution in [3.05, 3.63) is 145 Å². The van der Waals surface area contributed by atoms with Gasteiger partial charge >= 0.3 is 0 Å². The van der Waals surface area contributed by atoms with Gasteiger partial charge in [-0.15, -0.1) is 0 Å². The van der Waals surface area contributed by atoms with Crippen LogP contribution in [-0.4, -0.2) is 9.55 Å². The van der Waals surface area contributed by atoms with Crippen LogP contribution in [0, 0.1) is 0 Å². The average Bonchev–Trinajstić information content (AvgIpc) is 3.47. The van der Waals surface area contributed by atoms with Crippen LogP contribution in [0.1, 0.15) is 19.5 Å². The van der Waals surface area contributed by atoms with Crippen molar-refractivity contribution >= 4 is 43.4 Å². The molecule has 1 heterocycles. The molecule has 0 saturated heterocycles. The van der Waals surface area contributed by atoms with Gasteiger partial charge in [0.25, 0.3) is 0 Å². The predicted octanol–water partition coefficient (Wildman–Crippen LogP) is 10.4. The van der Waals surface area contributed by atoms with Gasteiger partial charge in [-0.1, -0.05) is 122 Å². The first kappa shape index (κ1) is 19.0. The fourth-order valence-corrected chi connectivity index (χ4v) is 6.31. The lowest BCUT2D eigenvalue weighted by Crippen LogP contribution is -2.03. The lowest BCUT2D eigenvalue weighted by atomic mass is 9.85. The number of nitrogens with zero attached hydrogens (tertiary/aromatic N) is 2. The van der Waals surface area contributed by atoms with Gasteiger partial charge in [0.1, 0.15) is 5.82 Å². The van der Waals surface area contributed by atoms with E-state index in [0.29, 0.717) is 16.7 Å². The molecule has 0 saturated carbocycles. The Morgan fingerprint density at radius 1 is 0.610 bits per heavy atom. The van der Waals surface area contributed by atoms with Crippen molar-refractivity contribution in [2.45, 2.75) is 13.2 Å². The molecule has 0 aliphatic heterocycles. The Bertz CT molecular complexity index is 2400. The predicted molar refractivity (Wildman–Crippen MR) is 174 cm³/mol. The van der Waals surface area contributed by atoms with Crippen molar-refractivity contribution in [1.82, 2.24) is 9.55 Å². The summed E-state index contributed by atoms with van der Waals surface area (Å²) in [5.74, 6) is -0.150. The normalized spacial score (nSPS) is 14.1. The van der Waals surface area contributed by atoms with Crippen molar-refractivity contribution < 1.29 is 6.85 Å². The van der Waals surface area contributed by atoms with Crippen LogP contribution in [0.3, 0.4) is 0 Å². The van der Waals surface area contributed by atoms with E-state index in [4.69, 9.17) is 6.85 Å². The second-order valence-corrected chi connectivity index (χ2v) is 10.3. The molecule has 0 amide bonds. The zero-order chi connectivity index (χ0) is 31.6. The summed E-state index contributed by atoms with van der Waals surface area (Å²) in [4.78, 5) is 4.59. The maximum atomic E-state index is 8.78. The van der Waals surface area contributed by atoms with Crippen LogP contribution in [0.25, 0.3) is 71.3 Å². The van der Waals surface area contributed by atoms with Gasteiger partial charge in [-0.2, -0.15) is 0 Å². The molecule has 8 aromatic rings. The molecular formula is C39H28N2. The highest BCUT2D eigenvalue weighted by molar-refractivity contribution is 6.22. The lowest BCUT2D eigenvalue weighted by molar-refractivity contribution is 0.909. The molecule has 41 heavy (non-hydrogen) atoms. The van der Waals surface area contributed by atoms with Gasteiger partial charge in [0.2, 0.25) is 0 Å². The van der Waals surface area contributed by atoms with Gasteiger partial charge in [0, 0.05) is 18.8 Å².